The van der Waals surface area contributed by atoms with Crippen molar-refractivity contribution in [2.75, 3.05) is 6.54 Å². The highest BCUT2D eigenvalue weighted by Gasteiger charge is 2.24. The second-order valence-electron chi connectivity index (χ2n) is 4.09. The summed E-state index contributed by atoms with van der Waals surface area (Å²) >= 11 is 1.76. The van der Waals surface area contributed by atoms with E-state index in [2.05, 4.69) is 26.8 Å². The molecule has 3 heterocycles. The molecule has 0 saturated heterocycles. The van der Waals surface area contributed by atoms with Crippen LogP contribution >= 0.6 is 11.3 Å². The van der Waals surface area contributed by atoms with Crippen LogP contribution in [0.3, 0.4) is 0 Å². The van der Waals surface area contributed by atoms with E-state index in [4.69, 9.17) is 0 Å². The lowest BCUT2D eigenvalue weighted by molar-refractivity contribution is 0.187. The van der Waals surface area contributed by atoms with Gasteiger partial charge in [0, 0.05) is 36.8 Å². The van der Waals surface area contributed by atoms with E-state index in [-0.39, 0.29) is 0 Å². The number of aromatic amines is 1. The van der Waals surface area contributed by atoms with Crippen LogP contribution < -0.4 is 0 Å². The summed E-state index contributed by atoms with van der Waals surface area (Å²) in [6.07, 6.45) is 4.76. The third-order valence-corrected chi connectivity index (χ3v) is 4.03. The van der Waals surface area contributed by atoms with Crippen LogP contribution in [0.1, 0.15) is 29.4 Å². The van der Waals surface area contributed by atoms with E-state index in [0.29, 0.717) is 6.04 Å². The van der Waals surface area contributed by atoms with Crippen molar-refractivity contribution in [3.05, 3.63) is 34.3 Å². The zero-order valence-electron chi connectivity index (χ0n) is 9.18. The minimum absolute atomic E-state index is 0.352. The average Bonchev–Trinajstić information content (AvgIpc) is 2.98. The van der Waals surface area contributed by atoms with Crippen molar-refractivity contribution in [3.8, 4) is 0 Å². The van der Waals surface area contributed by atoms with Crippen molar-refractivity contribution < 1.29 is 0 Å². The molecule has 1 aliphatic heterocycles. The largest absolute Gasteiger partial charge is 0.347 e. The summed E-state index contributed by atoms with van der Waals surface area (Å²) in [4.78, 5) is 15.7. The predicted molar refractivity (Wildman–Crippen MR) is 63.2 cm³/mol. The Morgan fingerprint density at radius 1 is 1.50 bits per heavy atom. The molecule has 4 nitrogen and oxygen atoms in total. The summed E-state index contributed by atoms with van der Waals surface area (Å²) in [5, 5.41) is 0. The Balaban J connectivity index is 1.79. The topological polar surface area (TPSA) is 44.8 Å². The van der Waals surface area contributed by atoms with Gasteiger partial charge in [0.1, 0.15) is 5.82 Å². The van der Waals surface area contributed by atoms with Crippen LogP contribution in [0.25, 0.3) is 0 Å². The van der Waals surface area contributed by atoms with Crippen molar-refractivity contribution in [2.24, 2.45) is 0 Å². The van der Waals surface area contributed by atoms with Crippen LogP contribution in [-0.2, 0) is 13.0 Å². The molecule has 2 aromatic rings. The Kier molecular flexibility index (Phi) is 2.49. The molecule has 16 heavy (non-hydrogen) atoms. The van der Waals surface area contributed by atoms with E-state index >= 15 is 0 Å². The van der Waals surface area contributed by atoms with Crippen LogP contribution in [0.2, 0.25) is 0 Å². The van der Waals surface area contributed by atoms with Gasteiger partial charge < -0.3 is 4.98 Å². The number of imidazole rings is 1. The van der Waals surface area contributed by atoms with Crippen LogP contribution in [-0.4, -0.2) is 26.4 Å². The van der Waals surface area contributed by atoms with Crippen molar-refractivity contribution in [3.63, 3.8) is 0 Å². The van der Waals surface area contributed by atoms with Crippen molar-refractivity contribution in [1.82, 2.24) is 19.9 Å². The molecule has 0 fully saturated rings. The van der Waals surface area contributed by atoms with Crippen molar-refractivity contribution >= 4 is 11.3 Å². The monoisotopic (exact) mass is 234 g/mol. The third-order valence-electron chi connectivity index (χ3n) is 3.17. The summed E-state index contributed by atoms with van der Waals surface area (Å²) < 4.78 is 0. The lowest BCUT2D eigenvalue weighted by atomic mass is 10.1. The Hall–Kier alpha value is -1.20. The van der Waals surface area contributed by atoms with Gasteiger partial charge in [-0.3, -0.25) is 4.90 Å². The number of H-pyrrole nitrogens is 1. The number of rotatable bonds is 2. The van der Waals surface area contributed by atoms with Crippen LogP contribution in [0.5, 0.6) is 0 Å². The minimum Gasteiger partial charge on any atom is -0.347 e. The summed E-state index contributed by atoms with van der Waals surface area (Å²) in [5.74, 6) is 1.05. The average molecular weight is 234 g/mol. The van der Waals surface area contributed by atoms with Gasteiger partial charge >= 0.3 is 0 Å². The quantitative estimate of drug-likeness (QED) is 0.864. The van der Waals surface area contributed by atoms with Gasteiger partial charge in [0.05, 0.1) is 17.2 Å². The van der Waals surface area contributed by atoms with Gasteiger partial charge in [-0.05, 0) is 6.92 Å². The molecule has 0 amide bonds. The van der Waals surface area contributed by atoms with E-state index in [1.807, 2.05) is 17.9 Å². The Labute approximate surface area is 98.4 Å². The molecule has 1 unspecified atom stereocenters. The van der Waals surface area contributed by atoms with E-state index in [1.165, 1.54) is 10.6 Å². The molecular weight excluding hydrogens is 220 g/mol. The van der Waals surface area contributed by atoms with Gasteiger partial charge in [-0.15, -0.1) is 11.3 Å². The first-order chi connectivity index (χ1) is 7.84. The fraction of sp³-hybridized carbons (Fsp3) is 0.455. The molecule has 0 aromatic carbocycles. The Bertz CT molecular complexity index is 462. The lowest BCUT2D eigenvalue weighted by Gasteiger charge is -2.30. The zero-order chi connectivity index (χ0) is 11.0. The number of hydrogen-bond donors (Lipinski definition) is 1. The molecular formula is C11H14N4S. The number of nitrogens with zero attached hydrogens (tertiary/aromatic N) is 3. The predicted octanol–water partition coefficient (Wildman–Crippen LogP) is 1.99. The van der Waals surface area contributed by atoms with Crippen LogP contribution in [0.4, 0.5) is 0 Å². The first-order valence-electron chi connectivity index (χ1n) is 5.49. The van der Waals surface area contributed by atoms with Crippen molar-refractivity contribution in [1.29, 1.82) is 0 Å². The second kappa shape index (κ2) is 3.99. The summed E-state index contributed by atoms with van der Waals surface area (Å²) in [6.45, 7) is 4.27. The number of aromatic nitrogens is 3. The Morgan fingerprint density at radius 2 is 2.44 bits per heavy atom. The summed E-state index contributed by atoms with van der Waals surface area (Å²) in [6, 6.07) is 0.352. The SMILES string of the molecule is CC(c1ncc[nH]1)N1CCc2ncsc2C1. The maximum atomic E-state index is 4.38. The maximum Gasteiger partial charge on any atom is 0.123 e. The normalized spacial score (nSPS) is 18.3. The second-order valence-corrected chi connectivity index (χ2v) is 5.03. The van der Waals surface area contributed by atoms with Gasteiger partial charge in [0.25, 0.3) is 0 Å². The summed E-state index contributed by atoms with van der Waals surface area (Å²) in [5.41, 5.74) is 3.24. The van der Waals surface area contributed by atoms with E-state index in [1.54, 1.807) is 11.3 Å². The van der Waals surface area contributed by atoms with Gasteiger partial charge in [0.15, 0.2) is 0 Å². The smallest absolute Gasteiger partial charge is 0.123 e. The number of nitrogens with one attached hydrogen (secondary N) is 1. The van der Waals surface area contributed by atoms with Gasteiger partial charge in [-0.2, -0.15) is 0 Å². The molecule has 1 atom stereocenters. The van der Waals surface area contributed by atoms with E-state index < -0.39 is 0 Å². The number of hydrogen-bond acceptors (Lipinski definition) is 4. The highest BCUT2D eigenvalue weighted by Crippen LogP contribution is 2.27. The van der Waals surface area contributed by atoms with Gasteiger partial charge in [-0.25, -0.2) is 9.97 Å². The maximum absolute atomic E-state index is 4.38. The molecule has 0 aliphatic carbocycles. The highest BCUT2D eigenvalue weighted by molar-refractivity contribution is 7.09. The fourth-order valence-electron chi connectivity index (χ4n) is 2.15. The zero-order valence-corrected chi connectivity index (χ0v) is 10.00. The molecule has 0 radical (unpaired) electrons. The number of thiazole rings is 1. The van der Waals surface area contributed by atoms with Gasteiger partial charge in [0.2, 0.25) is 0 Å². The fourth-order valence-corrected chi connectivity index (χ4v) is 2.99. The van der Waals surface area contributed by atoms with Gasteiger partial charge in [-0.1, -0.05) is 0 Å². The standard InChI is InChI=1S/C11H14N4S/c1-8(11-12-3-4-13-11)15-5-2-9-10(6-15)16-7-14-9/h3-4,7-8H,2,5-6H2,1H3,(H,12,13). The molecule has 3 rings (SSSR count). The molecule has 0 saturated carbocycles. The molecule has 5 heteroatoms. The summed E-state index contributed by atoms with van der Waals surface area (Å²) in [7, 11) is 0. The number of fused-ring (bicyclic) bond motifs is 1. The Morgan fingerprint density at radius 3 is 3.25 bits per heavy atom. The van der Waals surface area contributed by atoms with Crippen molar-refractivity contribution in [2.45, 2.75) is 25.9 Å². The van der Waals surface area contributed by atoms with Crippen LogP contribution in [0.15, 0.2) is 17.9 Å². The minimum atomic E-state index is 0.352. The third kappa shape index (κ3) is 1.66. The lowest BCUT2D eigenvalue weighted by Crippen LogP contribution is -2.32. The highest BCUT2D eigenvalue weighted by atomic mass is 32.1. The van der Waals surface area contributed by atoms with E-state index in [0.717, 1.165) is 25.3 Å². The molecule has 2 aromatic heterocycles. The van der Waals surface area contributed by atoms with Crippen LogP contribution in [0, 0.1) is 0 Å². The molecule has 1 N–H and O–H groups in total. The molecule has 84 valence electrons. The molecule has 1 aliphatic rings. The molecule has 0 spiro atoms. The molecule has 0 bridgehead atoms. The first-order valence-corrected chi connectivity index (χ1v) is 6.37. The first kappa shape index (κ1) is 9.99. The van der Waals surface area contributed by atoms with E-state index in [9.17, 15) is 0 Å².